The Labute approximate surface area is 152 Å². The first-order valence-corrected chi connectivity index (χ1v) is 8.30. The van der Waals surface area contributed by atoms with Crippen LogP contribution in [0.3, 0.4) is 0 Å². The minimum atomic E-state index is -4.70. The van der Waals surface area contributed by atoms with E-state index >= 15 is 0 Å². The van der Waals surface area contributed by atoms with E-state index < -0.39 is 18.2 Å². The molecule has 0 bridgehead atoms. The molecule has 0 saturated carbocycles. The number of carbonyl (C=O) groups excluding carboxylic acids is 1. The van der Waals surface area contributed by atoms with Gasteiger partial charge < -0.3 is 4.74 Å². The standard InChI is InChI=1S/C18H13Cl2F3O2/c1-2-15(24)10-3-4-16-11(5-10)9-17(25-16,18(21,22)23)12-6-13(19)8-14(20)7-12/h3-8H,2,9H2,1H3. The van der Waals surface area contributed by atoms with Gasteiger partial charge in [-0.05, 0) is 42.0 Å². The monoisotopic (exact) mass is 388 g/mol. The smallest absolute Gasteiger partial charge is 0.432 e. The van der Waals surface area contributed by atoms with Crippen molar-refractivity contribution in [1.82, 2.24) is 0 Å². The third kappa shape index (κ3) is 3.11. The summed E-state index contributed by atoms with van der Waals surface area (Å²) in [5.74, 6) is -0.0424. The fourth-order valence-corrected chi connectivity index (χ4v) is 3.48. The van der Waals surface area contributed by atoms with Gasteiger partial charge >= 0.3 is 6.18 Å². The number of carbonyl (C=O) groups is 1. The van der Waals surface area contributed by atoms with Crippen molar-refractivity contribution in [3.63, 3.8) is 0 Å². The van der Waals surface area contributed by atoms with Crippen LogP contribution < -0.4 is 4.74 Å². The average Bonchev–Trinajstić information content (AvgIpc) is 2.93. The number of hydrogen-bond acceptors (Lipinski definition) is 2. The Balaban J connectivity index is 2.12. The summed E-state index contributed by atoms with van der Waals surface area (Å²) in [6, 6.07) is 8.09. The molecule has 2 aromatic rings. The summed E-state index contributed by atoms with van der Waals surface area (Å²) in [5, 5.41) is 0.181. The summed E-state index contributed by atoms with van der Waals surface area (Å²) in [5.41, 5.74) is -2.06. The second kappa shape index (κ2) is 6.22. The van der Waals surface area contributed by atoms with Gasteiger partial charge in [0, 0.05) is 34.0 Å². The highest BCUT2D eigenvalue weighted by Gasteiger charge is 2.61. The van der Waals surface area contributed by atoms with Crippen LogP contribution in [0.1, 0.15) is 34.8 Å². The quantitative estimate of drug-likeness (QED) is 0.604. The van der Waals surface area contributed by atoms with Gasteiger partial charge in [-0.15, -0.1) is 0 Å². The van der Waals surface area contributed by atoms with Crippen LogP contribution >= 0.6 is 23.2 Å². The van der Waals surface area contributed by atoms with Crippen LogP contribution in [0.25, 0.3) is 0 Å². The number of ketones is 1. The van der Waals surface area contributed by atoms with E-state index in [0.717, 1.165) is 0 Å². The second-order valence-corrected chi connectivity index (χ2v) is 6.73. The van der Waals surface area contributed by atoms with Gasteiger partial charge in [0.15, 0.2) is 5.78 Å². The lowest BCUT2D eigenvalue weighted by atomic mass is 9.88. The molecule has 132 valence electrons. The highest BCUT2D eigenvalue weighted by Crippen LogP contribution is 2.51. The molecule has 2 aromatic carbocycles. The van der Waals surface area contributed by atoms with E-state index in [4.69, 9.17) is 27.9 Å². The largest absolute Gasteiger partial charge is 0.472 e. The van der Waals surface area contributed by atoms with Gasteiger partial charge in [-0.2, -0.15) is 13.2 Å². The van der Waals surface area contributed by atoms with Gasteiger partial charge in [0.25, 0.3) is 0 Å². The summed E-state index contributed by atoms with van der Waals surface area (Å²) in [6.45, 7) is 1.69. The molecule has 0 N–H and O–H groups in total. The molecule has 0 radical (unpaired) electrons. The van der Waals surface area contributed by atoms with Gasteiger partial charge in [0.2, 0.25) is 5.60 Å². The highest BCUT2D eigenvalue weighted by molar-refractivity contribution is 6.34. The molecule has 7 heteroatoms. The number of ether oxygens (including phenoxy) is 1. The normalized spacial score (nSPS) is 19.4. The summed E-state index contributed by atoms with van der Waals surface area (Å²) in [4.78, 5) is 11.8. The molecule has 1 aliphatic heterocycles. The molecular formula is C18H13Cl2F3O2. The Hall–Kier alpha value is -1.72. The third-order valence-electron chi connectivity index (χ3n) is 4.21. The first kappa shape index (κ1) is 18.1. The predicted molar refractivity (Wildman–Crippen MR) is 89.6 cm³/mol. The average molecular weight is 389 g/mol. The SMILES string of the molecule is CCC(=O)c1ccc2c(c1)CC(c1cc(Cl)cc(Cl)c1)(C(F)(F)F)O2. The molecule has 0 aliphatic carbocycles. The zero-order chi connectivity index (χ0) is 18.4. The lowest BCUT2D eigenvalue weighted by Gasteiger charge is -2.31. The van der Waals surface area contributed by atoms with Gasteiger partial charge in [-0.25, -0.2) is 0 Å². The van der Waals surface area contributed by atoms with Crippen LogP contribution in [0.15, 0.2) is 36.4 Å². The van der Waals surface area contributed by atoms with E-state index in [1.165, 1.54) is 36.4 Å². The Bertz CT molecular complexity index is 828. The third-order valence-corrected chi connectivity index (χ3v) is 4.65. The summed E-state index contributed by atoms with van der Waals surface area (Å²) < 4.78 is 47.3. The Morgan fingerprint density at radius 2 is 1.80 bits per heavy atom. The summed E-state index contributed by atoms with van der Waals surface area (Å²) >= 11 is 11.8. The molecule has 1 unspecified atom stereocenters. The molecule has 0 aromatic heterocycles. The van der Waals surface area contributed by atoms with Crippen molar-refractivity contribution < 1.29 is 22.7 Å². The number of alkyl halides is 3. The minimum absolute atomic E-state index is 0.0903. The molecule has 3 rings (SSSR count). The van der Waals surface area contributed by atoms with Crippen molar-refractivity contribution >= 4 is 29.0 Å². The number of halogens is 5. The first-order chi connectivity index (χ1) is 11.7. The zero-order valence-corrected chi connectivity index (χ0v) is 14.6. The van der Waals surface area contributed by atoms with Crippen LogP contribution in [0.5, 0.6) is 5.75 Å². The Kier molecular flexibility index (Phi) is 4.50. The molecule has 1 heterocycles. The number of benzene rings is 2. The van der Waals surface area contributed by atoms with Gasteiger partial charge in [-0.3, -0.25) is 4.79 Å². The Morgan fingerprint density at radius 1 is 1.16 bits per heavy atom. The maximum absolute atomic E-state index is 14.0. The first-order valence-electron chi connectivity index (χ1n) is 7.55. The van der Waals surface area contributed by atoms with E-state index in [2.05, 4.69) is 0 Å². The minimum Gasteiger partial charge on any atom is -0.472 e. The molecule has 0 saturated heterocycles. The van der Waals surface area contributed by atoms with Crippen LogP contribution in [-0.4, -0.2) is 12.0 Å². The van der Waals surface area contributed by atoms with E-state index in [-0.39, 0.29) is 33.6 Å². The molecule has 0 amide bonds. The van der Waals surface area contributed by atoms with E-state index in [1.54, 1.807) is 6.92 Å². The van der Waals surface area contributed by atoms with E-state index in [0.29, 0.717) is 11.1 Å². The molecule has 1 aliphatic rings. The molecule has 25 heavy (non-hydrogen) atoms. The van der Waals surface area contributed by atoms with Gasteiger partial charge in [0.1, 0.15) is 5.75 Å². The Morgan fingerprint density at radius 3 is 2.36 bits per heavy atom. The van der Waals surface area contributed by atoms with Crippen molar-refractivity contribution in [2.75, 3.05) is 0 Å². The van der Waals surface area contributed by atoms with Crippen LogP contribution in [0.4, 0.5) is 13.2 Å². The van der Waals surface area contributed by atoms with Gasteiger partial charge in [-0.1, -0.05) is 30.1 Å². The summed E-state index contributed by atoms with van der Waals surface area (Å²) in [6.07, 6.45) is -4.88. The van der Waals surface area contributed by atoms with Gasteiger partial charge in [0.05, 0.1) is 0 Å². The van der Waals surface area contributed by atoms with Crippen molar-refractivity contribution in [2.45, 2.75) is 31.5 Å². The number of fused-ring (bicyclic) bond motifs is 1. The van der Waals surface area contributed by atoms with Crippen LogP contribution in [-0.2, 0) is 12.0 Å². The summed E-state index contributed by atoms with van der Waals surface area (Å²) in [7, 11) is 0. The van der Waals surface area contributed by atoms with Crippen LogP contribution in [0.2, 0.25) is 10.0 Å². The molecule has 2 nitrogen and oxygen atoms in total. The molecular weight excluding hydrogens is 376 g/mol. The topological polar surface area (TPSA) is 26.3 Å². The fraction of sp³-hybridized carbons (Fsp3) is 0.278. The fourth-order valence-electron chi connectivity index (χ4n) is 2.96. The molecule has 1 atom stereocenters. The van der Waals surface area contributed by atoms with Crippen molar-refractivity contribution in [3.8, 4) is 5.75 Å². The molecule has 0 spiro atoms. The maximum Gasteiger partial charge on any atom is 0.432 e. The van der Waals surface area contributed by atoms with Crippen molar-refractivity contribution in [2.24, 2.45) is 0 Å². The highest BCUT2D eigenvalue weighted by atomic mass is 35.5. The zero-order valence-electron chi connectivity index (χ0n) is 13.1. The predicted octanol–water partition coefficient (Wildman–Crippen LogP) is 5.98. The second-order valence-electron chi connectivity index (χ2n) is 5.86. The van der Waals surface area contributed by atoms with E-state index in [1.807, 2.05) is 0 Å². The van der Waals surface area contributed by atoms with E-state index in [9.17, 15) is 18.0 Å². The maximum atomic E-state index is 14.0. The van der Waals surface area contributed by atoms with Crippen LogP contribution in [0, 0.1) is 0 Å². The number of Topliss-reactive ketones (excluding diaryl/α,β-unsaturated/α-hetero) is 1. The number of rotatable bonds is 3. The lowest BCUT2D eigenvalue weighted by Crippen LogP contribution is -2.46. The molecule has 0 fully saturated rings. The number of hydrogen-bond donors (Lipinski definition) is 0. The van der Waals surface area contributed by atoms with Crippen molar-refractivity contribution in [3.05, 3.63) is 63.1 Å². The van der Waals surface area contributed by atoms with Crippen molar-refractivity contribution in [1.29, 1.82) is 0 Å². The lowest BCUT2D eigenvalue weighted by molar-refractivity contribution is -0.248.